The second-order valence-corrected chi connectivity index (χ2v) is 7.01. The van der Waals surface area contributed by atoms with Crippen LogP contribution in [0, 0.1) is 11.6 Å². The molecule has 5 rings (SSSR count). The van der Waals surface area contributed by atoms with Crippen LogP contribution in [0.25, 0.3) is 33.1 Å². The van der Waals surface area contributed by atoms with Crippen molar-refractivity contribution < 1.29 is 8.78 Å². The SMILES string of the molecule is O=c1cnc2cccnc2n1Cc1c(F)cc(-c2ccc3ccccc3c2)cc1F. The van der Waals surface area contributed by atoms with Crippen molar-refractivity contribution in [3.05, 3.63) is 107 Å². The van der Waals surface area contributed by atoms with Gasteiger partial charge in [0.25, 0.3) is 5.56 Å². The number of halogens is 2. The van der Waals surface area contributed by atoms with Gasteiger partial charge in [0.2, 0.25) is 0 Å². The van der Waals surface area contributed by atoms with Crippen molar-refractivity contribution in [2.45, 2.75) is 6.54 Å². The van der Waals surface area contributed by atoms with E-state index < -0.39 is 17.2 Å². The van der Waals surface area contributed by atoms with Crippen LogP contribution in [0.15, 0.2) is 83.9 Å². The van der Waals surface area contributed by atoms with E-state index in [1.807, 2.05) is 42.5 Å². The van der Waals surface area contributed by atoms with Gasteiger partial charge in [-0.25, -0.2) is 18.7 Å². The molecule has 4 nitrogen and oxygen atoms in total. The van der Waals surface area contributed by atoms with Gasteiger partial charge in [-0.2, -0.15) is 0 Å². The Balaban J connectivity index is 1.58. The Hall–Kier alpha value is -3.93. The molecule has 30 heavy (non-hydrogen) atoms. The van der Waals surface area contributed by atoms with Crippen LogP contribution in [0.4, 0.5) is 8.78 Å². The highest BCUT2D eigenvalue weighted by Gasteiger charge is 2.15. The summed E-state index contributed by atoms with van der Waals surface area (Å²) in [6.07, 6.45) is 2.64. The number of nitrogens with zero attached hydrogens (tertiary/aromatic N) is 3. The molecule has 0 spiro atoms. The zero-order valence-corrected chi connectivity index (χ0v) is 15.7. The molecule has 3 aromatic carbocycles. The van der Waals surface area contributed by atoms with Crippen molar-refractivity contribution in [1.29, 1.82) is 0 Å². The summed E-state index contributed by atoms with van der Waals surface area (Å²) in [5, 5.41) is 2.04. The van der Waals surface area contributed by atoms with Crippen molar-refractivity contribution in [2.75, 3.05) is 0 Å². The highest BCUT2D eigenvalue weighted by molar-refractivity contribution is 5.87. The maximum absolute atomic E-state index is 14.9. The van der Waals surface area contributed by atoms with Gasteiger partial charge in [0.1, 0.15) is 17.2 Å². The second kappa shape index (κ2) is 7.15. The van der Waals surface area contributed by atoms with Gasteiger partial charge < -0.3 is 0 Å². The second-order valence-electron chi connectivity index (χ2n) is 7.01. The third kappa shape index (κ3) is 3.12. The minimum atomic E-state index is -0.717. The summed E-state index contributed by atoms with van der Waals surface area (Å²) < 4.78 is 31.1. The Bertz CT molecular complexity index is 1450. The van der Waals surface area contributed by atoms with E-state index in [0.29, 0.717) is 16.6 Å². The smallest absolute Gasteiger partial charge is 0.270 e. The van der Waals surface area contributed by atoms with Gasteiger partial charge in [0.05, 0.1) is 12.7 Å². The number of benzene rings is 3. The summed E-state index contributed by atoms with van der Waals surface area (Å²) in [4.78, 5) is 20.5. The summed E-state index contributed by atoms with van der Waals surface area (Å²) in [5.74, 6) is -1.43. The van der Waals surface area contributed by atoms with E-state index in [1.165, 1.54) is 22.9 Å². The number of hydrogen-bond acceptors (Lipinski definition) is 3. The van der Waals surface area contributed by atoms with Gasteiger partial charge in [0.15, 0.2) is 5.65 Å². The number of rotatable bonds is 3. The molecule has 2 aromatic heterocycles. The van der Waals surface area contributed by atoms with Crippen LogP contribution in [0.5, 0.6) is 0 Å². The van der Waals surface area contributed by atoms with Gasteiger partial charge in [-0.3, -0.25) is 9.36 Å². The molecule has 0 aliphatic heterocycles. The van der Waals surface area contributed by atoms with Crippen LogP contribution in [0.1, 0.15) is 5.56 Å². The van der Waals surface area contributed by atoms with Crippen LogP contribution in [-0.4, -0.2) is 14.5 Å². The molecule has 0 saturated heterocycles. The molecule has 0 unspecified atom stereocenters. The van der Waals surface area contributed by atoms with Gasteiger partial charge in [-0.15, -0.1) is 0 Å². The molecule has 0 aliphatic carbocycles. The van der Waals surface area contributed by atoms with Crippen LogP contribution < -0.4 is 5.56 Å². The maximum atomic E-state index is 14.9. The third-order valence-corrected chi connectivity index (χ3v) is 5.14. The van der Waals surface area contributed by atoms with Gasteiger partial charge in [-0.05, 0) is 52.2 Å². The minimum absolute atomic E-state index is 0.195. The Morgan fingerprint density at radius 1 is 0.800 bits per heavy atom. The van der Waals surface area contributed by atoms with Crippen LogP contribution in [0.2, 0.25) is 0 Å². The van der Waals surface area contributed by atoms with Crippen molar-refractivity contribution in [3.8, 4) is 11.1 Å². The van der Waals surface area contributed by atoms with E-state index >= 15 is 0 Å². The first kappa shape index (κ1) is 18.1. The third-order valence-electron chi connectivity index (χ3n) is 5.14. The van der Waals surface area contributed by atoms with Crippen molar-refractivity contribution >= 4 is 21.9 Å². The van der Waals surface area contributed by atoms with Crippen LogP contribution >= 0.6 is 0 Å². The van der Waals surface area contributed by atoms with Gasteiger partial charge in [0, 0.05) is 11.8 Å². The molecule has 0 atom stereocenters. The number of fused-ring (bicyclic) bond motifs is 2. The average Bonchev–Trinajstić information content (AvgIpc) is 2.77. The Morgan fingerprint density at radius 2 is 1.57 bits per heavy atom. The molecule has 0 amide bonds. The normalized spacial score (nSPS) is 11.3. The summed E-state index contributed by atoms with van der Waals surface area (Å²) >= 11 is 0. The minimum Gasteiger partial charge on any atom is -0.285 e. The zero-order valence-electron chi connectivity index (χ0n) is 15.7. The average molecular weight is 399 g/mol. The first-order valence-corrected chi connectivity index (χ1v) is 9.38. The molecular formula is C24H15F2N3O. The highest BCUT2D eigenvalue weighted by atomic mass is 19.1. The maximum Gasteiger partial charge on any atom is 0.270 e. The molecule has 2 heterocycles. The lowest BCUT2D eigenvalue weighted by Gasteiger charge is -2.12. The quantitative estimate of drug-likeness (QED) is 0.432. The molecule has 0 saturated carbocycles. The van der Waals surface area contributed by atoms with Crippen LogP contribution in [-0.2, 0) is 6.54 Å². The van der Waals surface area contributed by atoms with E-state index in [0.717, 1.165) is 17.0 Å². The monoisotopic (exact) mass is 399 g/mol. The first-order valence-electron chi connectivity index (χ1n) is 9.38. The standard InChI is InChI=1S/C24H15F2N3O/c25-20-11-18(17-8-7-15-4-1-2-5-16(15)10-17)12-21(26)19(20)14-29-23(30)13-28-22-6-3-9-27-24(22)29/h1-13H,14H2. The largest absolute Gasteiger partial charge is 0.285 e. The topological polar surface area (TPSA) is 47.8 Å². The summed E-state index contributed by atoms with van der Waals surface area (Å²) in [7, 11) is 0. The molecule has 0 N–H and O–H groups in total. The molecule has 5 aromatic rings. The molecule has 0 radical (unpaired) electrons. The lowest BCUT2D eigenvalue weighted by molar-refractivity contribution is 0.544. The van der Waals surface area contributed by atoms with E-state index in [9.17, 15) is 13.6 Å². The van der Waals surface area contributed by atoms with E-state index in [-0.39, 0.29) is 17.8 Å². The zero-order chi connectivity index (χ0) is 20.7. The van der Waals surface area contributed by atoms with Crippen molar-refractivity contribution in [3.63, 3.8) is 0 Å². The Labute approximate surface area is 170 Å². The fourth-order valence-electron chi connectivity index (χ4n) is 3.60. The van der Waals surface area contributed by atoms with Crippen molar-refractivity contribution in [1.82, 2.24) is 14.5 Å². The van der Waals surface area contributed by atoms with Crippen molar-refractivity contribution in [2.24, 2.45) is 0 Å². The lowest BCUT2D eigenvalue weighted by atomic mass is 9.99. The van der Waals surface area contributed by atoms with Crippen LogP contribution in [0.3, 0.4) is 0 Å². The molecule has 146 valence electrons. The predicted octanol–water partition coefficient (Wildman–Crippen LogP) is 4.94. The first-order chi connectivity index (χ1) is 14.6. The summed E-state index contributed by atoms with van der Waals surface area (Å²) in [6.45, 7) is -0.273. The summed E-state index contributed by atoms with van der Waals surface area (Å²) in [5.41, 5.74) is 1.24. The molecule has 0 fully saturated rings. The predicted molar refractivity (Wildman–Crippen MR) is 112 cm³/mol. The van der Waals surface area contributed by atoms with E-state index in [2.05, 4.69) is 9.97 Å². The van der Waals surface area contributed by atoms with E-state index in [1.54, 1.807) is 12.1 Å². The highest BCUT2D eigenvalue weighted by Crippen LogP contribution is 2.28. The molecule has 0 bridgehead atoms. The Kier molecular flexibility index (Phi) is 4.32. The number of hydrogen-bond donors (Lipinski definition) is 0. The van der Waals surface area contributed by atoms with Gasteiger partial charge >= 0.3 is 0 Å². The van der Waals surface area contributed by atoms with E-state index in [4.69, 9.17) is 0 Å². The Morgan fingerprint density at radius 3 is 2.37 bits per heavy atom. The molecule has 0 aliphatic rings. The lowest BCUT2D eigenvalue weighted by Crippen LogP contribution is -2.23. The summed E-state index contributed by atoms with van der Waals surface area (Å²) in [6, 6.07) is 19.4. The fourth-order valence-corrected chi connectivity index (χ4v) is 3.60. The fraction of sp³-hybridized carbons (Fsp3) is 0.0417. The molecular weight excluding hydrogens is 384 g/mol. The molecule has 6 heteroatoms. The number of aromatic nitrogens is 3. The number of pyridine rings is 1. The van der Waals surface area contributed by atoms with Gasteiger partial charge in [-0.1, -0.05) is 36.4 Å².